The van der Waals surface area contributed by atoms with Crippen LogP contribution in [0.4, 0.5) is 11.4 Å². The van der Waals surface area contributed by atoms with E-state index in [4.69, 9.17) is 27.8 Å². The number of nitrogens with two attached hydrogens (primary N) is 2. The first-order valence-corrected chi connectivity index (χ1v) is 5.91. The van der Waals surface area contributed by atoms with E-state index in [0.717, 1.165) is 12.8 Å². The Morgan fingerprint density at radius 3 is 2.47 bits per heavy atom. The highest BCUT2D eigenvalue weighted by atomic mass is 35.5. The lowest BCUT2D eigenvalue weighted by Crippen LogP contribution is -2.09. The van der Waals surface area contributed by atoms with Crippen LogP contribution in [0.3, 0.4) is 0 Å². The van der Waals surface area contributed by atoms with Crippen LogP contribution in [0.25, 0.3) is 0 Å². The van der Waals surface area contributed by atoms with Gasteiger partial charge in [0.15, 0.2) is 0 Å². The summed E-state index contributed by atoms with van der Waals surface area (Å²) in [7, 11) is 0. The monoisotopic (exact) mass is 256 g/mol. The van der Waals surface area contributed by atoms with Gasteiger partial charge in [0.1, 0.15) is 0 Å². The van der Waals surface area contributed by atoms with E-state index < -0.39 is 0 Å². The Hall–Kier alpha value is -1.42. The molecule has 0 aliphatic heterocycles. The summed E-state index contributed by atoms with van der Waals surface area (Å²) >= 11 is 5.82. The molecule has 0 radical (unpaired) electrons. The smallest absolute Gasteiger partial charge is 0.310 e. The Morgan fingerprint density at radius 2 is 1.94 bits per heavy atom. The maximum absolute atomic E-state index is 11.5. The predicted octanol–water partition coefficient (Wildman–Crippen LogP) is 2.39. The fraction of sp³-hybridized carbons (Fsp3) is 0.417. The number of ether oxygens (including phenoxy) is 1. The highest BCUT2D eigenvalue weighted by Gasteiger charge is 2.09. The number of carbonyl (C=O) groups excluding carboxylic acids is 1. The maximum Gasteiger partial charge on any atom is 0.310 e. The summed E-state index contributed by atoms with van der Waals surface area (Å²) in [5.74, 6) is -0.278. The number of anilines is 2. The second kappa shape index (κ2) is 6.35. The van der Waals surface area contributed by atoms with Crippen molar-refractivity contribution >= 4 is 28.9 Å². The van der Waals surface area contributed by atoms with Crippen LogP contribution in [0.15, 0.2) is 12.1 Å². The second-order valence-electron chi connectivity index (χ2n) is 3.84. The van der Waals surface area contributed by atoms with E-state index in [1.165, 1.54) is 0 Å². The summed E-state index contributed by atoms with van der Waals surface area (Å²) < 4.78 is 5.04. The van der Waals surface area contributed by atoms with Crippen LogP contribution < -0.4 is 11.5 Å². The van der Waals surface area contributed by atoms with Crippen LogP contribution in [0, 0.1) is 0 Å². The lowest BCUT2D eigenvalue weighted by atomic mass is 10.1. The number of carbonyl (C=O) groups is 1. The highest BCUT2D eigenvalue weighted by Crippen LogP contribution is 2.27. The number of nitrogen functional groups attached to an aromatic ring is 2. The first kappa shape index (κ1) is 13.6. The summed E-state index contributed by atoms with van der Waals surface area (Å²) in [6.45, 7) is 2.49. The SMILES string of the molecule is CCCCOC(=O)Cc1cc(N)c(Cl)c(N)c1. The third-order valence-electron chi connectivity index (χ3n) is 2.30. The minimum Gasteiger partial charge on any atom is -0.465 e. The maximum atomic E-state index is 11.5. The summed E-state index contributed by atoms with van der Waals surface area (Å²) in [5.41, 5.74) is 12.8. The molecule has 94 valence electrons. The van der Waals surface area contributed by atoms with Gasteiger partial charge in [0, 0.05) is 0 Å². The zero-order chi connectivity index (χ0) is 12.8. The van der Waals surface area contributed by atoms with E-state index in [-0.39, 0.29) is 12.4 Å². The minimum absolute atomic E-state index is 0.162. The lowest BCUT2D eigenvalue weighted by Gasteiger charge is -2.07. The van der Waals surface area contributed by atoms with Crippen molar-refractivity contribution in [3.05, 3.63) is 22.7 Å². The number of esters is 1. The van der Waals surface area contributed by atoms with Crippen molar-refractivity contribution in [2.24, 2.45) is 0 Å². The van der Waals surface area contributed by atoms with Gasteiger partial charge in [-0.1, -0.05) is 24.9 Å². The van der Waals surface area contributed by atoms with Gasteiger partial charge in [-0.05, 0) is 24.1 Å². The number of rotatable bonds is 5. The van der Waals surface area contributed by atoms with Gasteiger partial charge in [-0.25, -0.2) is 0 Å². The number of hydrogen-bond acceptors (Lipinski definition) is 4. The van der Waals surface area contributed by atoms with Crippen LogP contribution in [-0.4, -0.2) is 12.6 Å². The molecule has 0 unspecified atom stereocenters. The summed E-state index contributed by atoms with van der Waals surface area (Å²) in [6, 6.07) is 3.28. The molecule has 0 aliphatic rings. The van der Waals surface area contributed by atoms with E-state index in [1.54, 1.807) is 12.1 Å². The molecule has 0 saturated heterocycles. The molecule has 0 amide bonds. The summed E-state index contributed by atoms with van der Waals surface area (Å²) in [5, 5.41) is 0.327. The molecule has 17 heavy (non-hydrogen) atoms. The molecule has 1 aromatic carbocycles. The van der Waals surface area contributed by atoms with Crippen molar-refractivity contribution < 1.29 is 9.53 Å². The van der Waals surface area contributed by atoms with E-state index in [2.05, 4.69) is 0 Å². The molecule has 0 bridgehead atoms. The summed E-state index contributed by atoms with van der Waals surface area (Å²) in [4.78, 5) is 11.5. The molecule has 0 spiro atoms. The Morgan fingerprint density at radius 1 is 1.35 bits per heavy atom. The zero-order valence-electron chi connectivity index (χ0n) is 9.83. The molecule has 0 aliphatic carbocycles. The van der Waals surface area contributed by atoms with Gasteiger partial charge in [0.2, 0.25) is 0 Å². The number of unbranched alkanes of at least 4 members (excludes halogenated alkanes) is 1. The second-order valence-corrected chi connectivity index (χ2v) is 4.22. The molecule has 0 fully saturated rings. The van der Waals surface area contributed by atoms with Crippen molar-refractivity contribution in [1.82, 2.24) is 0 Å². The molecular formula is C12H17ClN2O2. The molecule has 1 aromatic rings. The average Bonchev–Trinajstić information content (AvgIpc) is 2.26. The van der Waals surface area contributed by atoms with Gasteiger partial charge in [-0.2, -0.15) is 0 Å². The molecule has 4 nitrogen and oxygen atoms in total. The van der Waals surface area contributed by atoms with Crippen molar-refractivity contribution in [3.63, 3.8) is 0 Å². The highest BCUT2D eigenvalue weighted by molar-refractivity contribution is 6.35. The van der Waals surface area contributed by atoms with Crippen LogP contribution in [0.1, 0.15) is 25.3 Å². The van der Waals surface area contributed by atoms with Crippen molar-refractivity contribution in [2.75, 3.05) is 18.1 Å². The Bertz CT molecular complexity index is 384. The van der Waals surface area contributed by atoms with Gasteiger partial charge in [-0.15, -0.1) is 0 Å². The standard InChI is InChI=1S/C12H17ClN2O2/c1-2-3-4-17-11(16)7-8-5-9(14)12(13)10(15)6-8/h5-6H,2-4,7,14-15H2,1H3. The normalized spacial score (nSPS) is 10.2. The fourth-order valence-electron chi connectivity index (χ4n) is 1.38. The van der Waals surface area contributed by atoms with Crippen LogP contribution >= 0.6 is 11.6 Å². The Balaban J connectivity index is 2.60. The van der Waals surface area contributed by atoms with Crippen LogP contribution in [0.2, 0.25) is 5.02 Å². The fourth-order valence-corrected chi connectivity index (χ4v) is 1.49. The lowest BCUT2D eigenvalue weighted by molar-refractivity contribution is -0.142. The van der Waals surface area contributed by atoms with E-state index >= 15 is 0 Å². The van der Waals surface area contributed by atoms with Crippen LogP contribution in [0.5, 0.6) is 0 Å². The molecule has 0 heterocycles. The van der Waals surface area contributed by atoms with E-state index in [9.17, 15) is 4.79 Å². The number of hydrogen-bond donors (Lipinski definition) is 2. The van der Waals surface area contributed by atoms with Crippen molar-refractivity contribution in [2.45, 2.75) is 26.2 Å². The topological polar surface area (TPSA) is 78.3 Å². The third kappa shape index (κ3) is 4.15. The van der Waals surface area contributed by atoms with Gasteiger partial charge in [0.05, 0.1) is 29.4 Å². The molecule has 0 aromatic heterocycles. The van der Waals surface area contributed by atoms with Gasteiger partial charge in [0.25, 0.3) is 0 Å². The van der Waals surface area contributed by atoms with Crippen LogP contribution in [-0.2, 0) is 16.0 Å². The molecule has 0 atom stereocenters. The van der Waals surface area contributed by atoms with Crippen molar-refractivity contribution in [3.8, 4) is 0 Å². The molecule has 5 heteroatoms. The molecule has 1 rings (SSSR count). The first-order valence-electron chi connectivity index (χ1n) is 5.53. The zero-order valence-corrected chi connectivity index (χ0v) is 10.6. The minimum atomic E-state index is -0.278. The van der Waals surface area contributed by atoms with E-state index in [0.29, 0.717) is 28.6 Å². The number of halogens is 1. The van der Waals surface area contributed by atoms with E-state index in [1.807, 2.05) is 6.92 Å². The Kier molecular flexibility index (Phi) is 5.10. The van der Waals surface area contributed by atoms with Crippen molar-refractivity contribution in [1.29, 1.82) is 0 Å². The quantitative estimate of drug-likeness (QED) is 0.482. The van der Waals surface area contributed by atoms with Gasteiger partial charge in [-0.3, -0.25) is 4.79 Å². The average molecular weight is 257 g/mol. The van der Waals surface area contributed by atoms with Gasteiger partial charge >= 0.3 is 5.97 Å². The first-order chi connectivity index (χ1) is 8.04. The predicted molar refractivity (Wildman–Crippen MR) is 69.8 cm³/mol. The summed E-state index contributed by atoms with van der Waals surface area (Å²) in [6.07, 6.45) is 2.03. The third-order valence-corrected chi connectivity index (χ3v) is 2.73. The molecule has 0 saturated carbocycles. The molecular weight excluding hydrogens is 240 g/mol. The largest absolute Gasteiger partial charge is 0.465 e. The molecule has 4 N–H and O–H groups in total. The number of benzene rings is 1. The van der Waals surface area contributed by atoms with Gasteiger partial charge < -0.3 is 16.2 Å². The Labute approximate surface area is 106 Å².